The molecule has 0 aromatic heterocycles. The minimum absolute atomic E-state index is 0.0925. The summed E-state index contributed by atoms with van der Waals surface area (Å²) in [5.74, 6) is -0.477. The van der Waals surface area contributed by atoms with Crippen molar-refractivity contribution in [2.24, 2.45) is 0 Å². The van der Waals surface area contributed by atoms with Gasteiger partial charge in [-0.15, -0.1) is 0 Å². The van der Waals surface area contributed by atoms with Gasteiger partial charge in [-0.2, -0.15) is 0 Å². The van der Waals surface area contributed by atoms with Gasteiger partial charge in [-0.05, 0) is 12.1 Å². The minimum Gasteiger partial charge on any atom is -0.273 e. The van der Waals surface area contributed by atoms with E-state index in [9.17, 15) is 9.18 Å². The summed E-state index contributed by atoms with van der Waals surface area (Å²) < 4.78 is 13.2. The second-order valence-corrected chi connectivity index (χ2v) is 2.84. The fraction of sp³-hybridized carbons (Fsp3) is 0.222. The van der Waals surface area contributed by atoms with Gasteiger partial charge in [0.25, 0.3) is 0 Å². The molecule has 1 aliphatic heterocycles. The van der Waals surface area contributed by atoms with E-state index in [4.69, 9.17) is 0 Å². The van der Waals surface area contributed by atoms with Gasteiger partial charge >= 0.3 is 0 Å². The molecule has 13 heavy (non-hydrogen) atoms. The predicted molar refractivity (Wildman–Crippen MR) is 46.5 cm³/mol. The van der Waals surface area contributed by atoms with E-state index in [-0.39, 0.29) is 11.7 Å². The standard InChI is InChI=1S/C9H9FN2O/c10-7-3-1-2-4-8(7)12-9(13)5-6-11-12/h1-4,11H,5-6H2. The van der Waals surface area contributed by atoms with E-state index in [2.05, 4.69) is 5.43 Å². The average Bonchev–Trinajstić information content (AvgIpc) is 2.52. The topological polar surface area (TPSA) is 32.3 Å². The molecule has 1 saturated heterocycles. The van der Waals surface area contributed by atoms with Gasteiger partial charge in [0.05, 0.1) is 5.69 Å². The molecule has 68 valence electrons. The highest BCUT2D eigenvalue weighted by atomic mass is 19.1. The molecule has 0 saturated carbocycles. The highest BCUT2D eigenvalue weighted by Crippen LogP contribution is 2.19. The minimum atomic E-state index is -0.384. The largest absolute Gasteiger partial charge is 0.273 e. The Morgan fingerprint density at radius 2 is 2.15 bits per heavy atom. The number of hydrogen-bond donors (Lipinski definition) is 1. The van der Waals surface area contributed by atoms with Gasteiger partial charge in [-0.3, -0.25) is 4.79 Å². The van der Waals surface area contributed by atoms with Crippen LogP contribution in [-0.2, 0) is 4.79 Å². The molecule has 3 nitrogen and oxygen atoms in total. The Bertz CT molecular complexity index is 340. The van der Waals surface area contributed by atoms with Crippen LogP contribution in [0.15, 0.2) is 24.3 Å². The van der Waals surface area contributed by atoms with Crippen LogP contribution in [-0.4, -0.2) is 12.5 Å². The van der Waals surface area contributed by atoms with Crippen LogP contribution in [0, 0.1) is 5.82 Å². The van der Waals surface area contributed by atoms with Gasteiger partial charge in [0.1, 0.15) is 5.82 Å². The first kappa shape index (κ1) is 8.19. The molecule has 1 aliphatic rings. The van der Waals surface area contributed by atoms with Crippen LogP contribution < -0.4 is 10.4 Å². The maximum absolute atomic E-state index is 13.2. The zero-order valence-electron chi connectivity index (χ0n) is 6.96. The number of para-hydroxylation sites is 1. The van der Waals surface area contributed by atoms with Crippen LogP contribution in [0.1, 0.15) is 6.42 Å². The number of carbonyl (C=O) groups excluding carboxylic acids is 1. The number of nitrogens with one attached hydrogen (secondary N) is 1. The third-order valence-corrected chi connectivity index (χ3v) is 1.95. The maximum Gasteiger partial charge on any atom is 0.242 e. The van der Waals surface area contributed by atoms with Crippen LogP contribution in [0.2, 0.25) is 0 Å². The third-order valence-electron chi connectivity index (χ3n) is 1.95. The quantitative estimate of drug-likeness (QED) is 0.701. The summed E-state index contributed by atoms with van der Waals surface area (Å²) in [6, 6.07) is 6.21. The monoisotopic (exact) mass is 180 g/mol. The smallest absolute Gasteiger partial charge is 0.242 e. The van der Waals surface area contributed by atoms with E-state index in [0.717, 1.165) is 0 Å². The van der Waals surface area contributed by atoms with Crippen molar-refractivity contribution in [3.63, 3.8) is 0 Å². The number of hydrazine groups is 1. The van der Waals surface area contributed by atoms with E-state index < -0.39 is 0 Å². The lowest BCUT2D eigenvalue weighted by Crippen LogP contribution is -2.34. The van der Waals surface area contributed by atoms with Gasteiger partial charge in [-0.25, -0.2) is 14.8 Å². The van der Waals surface area contributed by atoms with Crippen molar-refractivity contribution >= 4 is 11.6 Å². The van der Waals surface area contributed by atoms with Crippen molar-refractivity contribution in [2.45, 2.75) is 6.42 Å². The van der Waals surface area contributed by atoms with Gasteiger partial charge in [-0.1, -0.05) is 12.1 Å². The molecule has 1 amide bonds. The molecule has 1 aromatic rings. The molecule has 4 heteroatoms. The Labute approximate surface area is 75.1 Å². The molecule has 0 unspecified atom stereocenters. The molecule has 2 rings (SSSR count). The van der Waals surface area contributed by atoms with Crippen molar-refractivity contribution in [3.8, 4) is 0 Å². The summed E-state index contributed by atoms with van der Waals surface area (Å²) >= 11 is 0. The molecule has 1 heterocycles. The lowest BCUT2D eigenvalue weighted by Gasteiger charge is -2.15. The molecule has 0 spiro atoms. The number of benzene rings is 1. The Kier molecular flexibility index (Phi) is 1.98. The Morgan fingerprint density at radius 3 is 2.77 bits per heavy atom. The van der Waals surface area contributed by atoms with Crippen LogP contribution >= 0.6 is 0 Å². The Balaban J connectivity index is 2.34. The van der Waals surface area contributed by atoms with E-state index in [0.29, 0.717) is 18.7 Å². The first-order valence-corrected chi connectivity index (χ1v) is 4.10. The molecular formula is C9H9FN2O. The number of anilines is 1. The first-order chi connectivity index (χ1) is 6.29. The Morgan fingerprint density at radius 1 is 1.38 bits per heavy atom. The number of halogens is 1. The highest BCUT2D eigenvalue weighted by Gasteiger charge is 2.23. The van der Waals surface area contributed by atoms with Crippen LogP contribution in [0.25, 0.3) is 0 Å². The van der Waals surface area contributed by atoms with E-state index in [1.54, 1.807) is 18.2 Å². The molecule has 0 radical (unpaired) electrons. The lowest BCUT2D eigenvalue weighted by molar-refractivity contribution is -0.117. The normalized spacial score (nSPS) is 16.7. The van der Waals surface area contributed by atoms with Crippen LogP contribution in [0.4, 0.5) is 10.1 Å². The number of nitrogens with zero attached hydrogens (tertiary/aromatic N) is 1. The van der Waals surface area contributed by atoms with E-state index in [1.165, 1.54) is 11.1 Å². The highest BCUT2D eigenvalue weighted by molar-refractivity contribution is 5.94. The van der Waals surface area contributed by atoms with Gasteiger partial charge < -0.3 is 0 Å². The van der Waals surface area contributed by atoms with Crippen molar-refractivity contribution < 1.29 is 9.18 Å². The number of carbonyl (C=O) groups is 1. The van der Waals surface area contributed by atoms with Gasteiger partial charge in [0.2, 0.25) is 5.91 Å². The van der Waals surface area contributed by atoms with Crippen molar-refractivity contribution in [3.05, 3.63) is 30.1 Å². The number of rotatable bonds is 1. The molecule has 1 fully saturated rings. The fourth-order valence-corrected chi connectivity index (χ4v) is 1.33. The fourth-order valence-electron chi connectivity index (χ4n) is 1.33. The van der Waals surface area contributed by atoms with Gasteiger partial charge in [0, 0.05) is 13.0 Å². The molecular weight excluding hydrogens is 171 g/mol. The zero-order chi connectivity index (χ0) is 9.26. The second kappa shape index (κ2) is 3.14. The van der Waals surface area contributed by atoms with E-state index >= 15 is 0 Å². The lowest BCUT2D eigenvalue weighted by atomic mass is 10.3. The van der Waals surface area contributed by atoms with Crippen LogP contribution in [0.5, 0.6) is 0 Å². The predicted octanol–water partition coefficient (Wildman–Crippen LogP) is 1.07. The second-order valence-electron chi connectivity index (χ2n) is 2.84. The number of amides is 1. The molecule has 0 aliphatic carbocycles. The van der Waals surface area contributed by atoms with Crippen molar-refractivity contribution in [2.75, 3.05) is 11.6 Å². The molecule has 0 atom stereocenters. The molecule has 1 aromatic carbocycles. The average molecular weight is 180 g/mol. The molecule has 0 bridgehead atoms. The summed E-state index contributed by atoms with van der Waals surface area (Å²) in [7, 11) is 0. The van der Waals surface area contributed by atoms with Crippen molar-refractivity contribution in [1.82, 2.24) is 5.43 Å². The number of hydrogen-bond acceptors (Lipinski definition) is 2. The van der Waals surface area contributed by atoms with Crippen LogP contribution in [0.3, 0.4) is 0 Å². The summed E-state index contributed by atoms with van der Waals surface area (Å²) in [5.41, 5.74) is 3.10. The third kappa shape index (κ3) is 1.40. The Hall–Kier alpha value is -1.42. The van der Waals surface area contributed by atoms with Crippen molar-refractivity contribution in [1.29, 1.82) is 0 Å². The first-order valence-electron chi connectivity index (χ1n) is 4.10. The summed E-state index contributed by atoms with van der Waals surface area (Å²) in [4.78, 5) is 11.2. The molecule has 1 N–H and O–H groups in total. The zero-order valence-corrected chi connectivity index (χ0v) is 6.96. The van der Waals surface area contributed by atoms with E-state index in [1.807, 2.05) is 0 Å². The SMILES string of the molecule is O=C1CCNN1c1ccccc1F. The summed E-state index contributed by atoms with van der Waals surface area (Å²) in [6.07, 6.45) is 0.425. The van der Waals surface area contributed by atoms with Gasteiger partial charge in [0.15, 0.2) is 0 Å². The maximum atomic E-state index is 13.2. The summed E-state index contributed by atoms with van der Waals surface area (Å²) in [5, 5.41) is 1.26. The summed E-state index contributed by atoms with van der Waals surface area (Å²) in [6.45, 7) is 0.577.